The van der Waals surface area contributed by atoms with E-state index in [1.54, 1.807) is 0 Å². The Morgan fingerprint density at radius 1 is 1.28 bits per heavy atom. The third-order valence-corrected chi connectivity index (χ3v) is 5.18. The van der Waals surface area contributed by atoms with Crippen LogP contribution in [0.2, 0.25) is 0 Å². The fourth-order valence-corrected chi connectivity index (χ4v) is 3.78. The van der Waals surface area contributed by atoms with Crippen LogP contribution in [0, 0.1) is 6.92 Å². The third-order valence-electron chi connectivity index (χ3n) is 4.07. The van der Waals surface area contributed by atoms with Crippen molar-refractivity contribution in [1.29, 1.82) is 0 Å². The number of ether oxygens (including phenoxy) is 1. The molecule has 9 heteroatoms. The zero-order chi connectivity index (χ0) is 17.6. The summed E-state index contributed by atoms with van der Waals surface area (Å²) in [4.78, 5) is 23.9. The van der Waals surface area contributed by atoms with Gasteiger partial charge in [-0.1, -0.05) is 0 Å². The molecule has 3 aromatic rings. The van der Waals surface area contributed by atoms with Gasteiger partial charge in [0.1, 0.15) is 21.2 Å². The van der Waals surface area contributed by atoms with Gasteiger partial charge in [-0.25, -0.2) is 9.97 Å². The SMILES string of the molecule is Cc1ccc(-c2nc(N3CCOCC3)nc3sc(C(N)=O)c(N)c23)o1. The van der Waals surface area contributed by atoms with E-state index in [1.807, 2.05) is 24.0 Å². The molecule has 0 atom stereocenters. The number of amides is 1. The number of nitrogen functional groups attached to an aromatic ring is 1. The number of aryl methyl sites for hydroxylation is 1. The summed E-state index contributed by atoms with van der Waals surface area (Å²) >= 11 is 1.18. The van der Waals surface area contributed by atoms with Gasteiger partial charge in [0.15, 0.2) is 5.76 Å². The van der Waals surface area contributed by atoms with E-state index >= 15 is 0 Å². The highest BCUT2D eigenvalue weighted by Gasteiger charge is 2.24. The van der Waals surface area contributed by atoms with E-state index in [2.05, 4.69) is 9.97 Å². The lowest BCUT2D eigenvalue weighted by atomic mass is 10.2. The summed E-state index contributed by atoms with van der Waals surface area (Å²) in [6.45, 7) is 4.50. The minimum Gasteiger partial charge on any atom is -0.460 e. The van der Waals surface area contributed by atoms with Crippen molar-refractivity contribution < 1.29 is 13.9 Å². The molecule has 4 heterocycles. The number of hydrogen-bond donors (Lipinski definition) is 2. The fraction of sp³-hybridized carbons (Fsp3) is 0.312. The third kappa shape index (κ3) is 2.71. The maximum Gasteiger partial charge on any atom is 0.260 e. The molecule has 0 saturated carbocycles. The van der Waals surface area contributed by atoms with E-state index in [-0.39, 0.29) is 4.88 Å². The Balaban J connectivity index is 1.96. The number of furan rings is 1. The predicted molar refractivity (Wildman–Crippen MR) is 95.8 cm³/mol. The Morgan fingerprint density at radius 2 is 2.04 bits per heavy atom. The van der Waals surface area contributed by atoms with E-state index in [0.717, 1.165) is 5.76 Å². The Morgan fingerprint density at radius 3 is 2.68 bits per heavy atom. The molecule has 1 amide bonds. The van der Waals surface area contributed by atoms with Crippen LogP contribution in [0.4, 0.5) is 11.6 Å². The van der Waals surface area contributed by atoms with Crippen LogP contribution in [0.15, 0.2) is 16.5 Å². The number of fused-ring (bicyclic) bond motifs is 1. The molecule has 0 aliphatic carbocycles. The van der Waals surface area contributed by atoms with E-state index in [9.17, 15) is 4.79 Å². The van der Waals surface area contributed by atoms with Crippen molar-refractivity contribution in [3.05, 3.63) is 22.8 Å². The molecule has 0 unspecified atom stereocenters. The first kappa shape index (κ1) is 15.9. The Kier molecular flexibility index (Phi) is 3.81. The molecular weight excluding hydrogens is 342 g/mol. The number of morpholine rings is 1. The normalized spacial score (nSPS) is 15.0. The molecule has 1 saturated heterocycles. The van der Waals surface area contributed by atoms with Crippen LogP contribution >= 0.6 is 11.3 Å². The number of primary amides is 1. The molecule has 0 bridgehead atoms. The molecule has 0 aromatic carbocycles. The molecule has 8 nitrogen and oxygen atoms in total. The van der Waals surface area contributed by atoms with E-state index in [4.69, 9.17) is 20.6 Å². The largest absolute Gasteiger partial charge is 0.460 e. The van der Waals surface area contributed by atoms with Crippen molar-refractivity contribution in [1.82, 2.24) is 9.97 Å². The average molecular weight is 359 g/mol. The van der Waals surface area contributed by atoms with Gasteiger partial charge in [-0.05, 0) is 19.1 Å². The van der Waals surface area contributed by atoms with Gasteiger partial charge in [0.25, 0.3) is 5.91 Å². The number of anilines is 2. The summed E-state index contributed by atoms with van der Waals surface area (Å²) in [6.07, 6.45) is 0. The number of carbonyl (C=O) groups is 1. The van der Waals surface area contributed by atoms with Gasteiger partial charge < -0.3 is 25.5 Å². The van der Waals surface area contributed by atoms with Crippen LogP contribution in [0.1, 0.15) is 15.4 Å². The zero-order valence-electron chi connectivity index (χ0n) is 13.6. The molecule has 4 N–H and O–H groups in total. The number of aromatic nitrogens is 2. The van der Waals surface area contributed by atoms with Crippen LogP contribution in [0.3, 0.4) is 0 Å². The highest BCUT2D eigenvalue weighted by molar-refractivity contribution is 7.21. The van der Waals surface area contributed by atoms with Crippen LogP contribution < -0.4 is 16.4 Å². The second kappa shape index (κ2) is 6.01. The molecule has 3 aromatic heterocycles. The number of carbonyl (C=O) groups excluding carboxylic acids is 1. The van der Waals surface area contributed by atoms with Crippen molar-refractivity contribution in [2.45, 2.75) is 6.92 Å². The van der Waals surface area contributed by atoms with Gasteiger partial charge in [-0.3, -0.25) is 4.79 Å². The van der Waals surface area contributed by atoms with Crippen molar-refractivity contribution in [3.63, 3.8) is 0 Å². The van der Waals surface area contributed by atoms with Crippen molar-refractivity contribution in [2.24, 2.45) is 5.73 Å². The Hall–Kier alpha value is -2.65. The lowest BCUT2D eigenvalue weighted by molar-refractivity contribution is 0.100. The summed E-state index contributed by atoms with van der Waals surface area (Å²) in [5, 5.41) is 0.602. The van der Waals surface area contributed by atoms with Crippen LogP contribution in [-0.4, -0.2) is 42.2 Å². The highest BCUT2D eigenvalue weighted by Crippen LogP contribution is 2.39. The molecule has 1 aliphatic rings. The molecular formula is C16H17N5O3S. The topological polar surface area (TPSA) is 120 Å². The van der Waals surface area contributed by atoms with Crippen molar-refractivity contribution >= 4 is 39.1 Å². The van der Waals surface area contributed by atoms with Gasteiger partial charge in [-0.15, -0.1) is 11.3 Å². The maximum absolute atomic E-state index is 11.7. The lowest BCUT2D eigenvalue weighted by Gasteiger charge is -2.26. The summed E-state index contributed by atoms with van der Waals surface area (Å²) in [6, 6.07) is 3.69. The van der Waals surface area contributed by atoms with Crippen LogP contribution in [0.5, 0.6) is 0 Å². The highest BCUT2D eigenvalue weighted by atomic mass is 32.1. The summed E-state index contributed by atoms with van der Waals surface area (Å²) < 4.78 is 11.1. The summed E-state index contributed by atoms with van der Waals surface area (Å²) in [5.74, 6) is 1.34. The van der Waals surface area contributed by atoms with E-state index < -0.39 is 5.91 Å². The predicted octanol–water partition coefficient (Wildman–Crippen LogP) is 1.78. The smallest absolute Gasteiger partial charge is 0.260 e. The summed E-state index contributed by atoms with van der Waals surface area (Å²) in [7, 11) is 0. The molecule has 1 aliphatic heterocycles. The first-order valence-electron chi connectivity index (χ1n) is 7.84. The Bertz CT molecular complexity index is 958. The summed E-state index contributed by atoms with van der Waals surface area (Å²) in [5.41, 5.74) is 12.5. The maximum atomic E-state index is 11.7. The van der Waals surface area contributed by atoms with Gasteiger partial charge in [0.2, 0.25) is 5.95 Å². The number of thiophene rings is 1. The van der Waals surface area contributed by atoms with Crippen LogP contribution in [0.25, 0.3) is 21.7 Å². The second-order valence-corrected chi connectivity index (χ2v) is 6.77. The first-order chi connectivity index (χ1) is 12.0. The number of nitrogens with zero attached hydrogens (tertiary/aromatic N) is 3. The first-order valence-corrected chi connectivity index (χ1v) is 8.65. The lowest BCUT2D eigenvalue weighted by Crippen LogP contribution is -2.37. The standard InChI is InChI=1S/C16H17N5O3S/c1-8-2-3-9(24-8)12-10-11(17)13(14(18)22)25-15(10)20-16(19-12)21-4-6-23-7-5-21/h2-3H,4-7,17H2,1H3,(H2,18,22). The quantitative estimate of drug-likeness (QED) is 0.731. The molecule has 0 spiro atoms. The van der Waals surface area contributed by atoms with Gasteiger partial charge in [0.05, 0.1) is 24.3 Å². The van der Waals surface area contributed by atoms with Gasteiger partial charge in [-0.2, -0.15) is 0 Å². The second-order valence-electron chi connectivity index (χ2n) is 5.77. The molecule has 25 heavy (non-hydrogen) atoms. The number of nitrogens with two attached hydrogens (primary N) is 2. The molecule has 4 rings (SSSR count). The molecule has 1 fully saturated rings. The average Bonchev–Trinajstić information content (AvgIpc) is 3.19. The van der Waals surface area contributed by atoms with E-state index in [1.165, 1.54) is 11.3 Å². The van der Waals surface area contributed by atoms with Crippen molar-refractivity contribution in [2.75, 3.05) is 36.9 Å². The molecule has 130 valence electrons. The van der Waals surface area contributed by atoms with E-state index in [0.29, 0.717) is 59.6 Å². The van der Waals surface area contributed by atoms with Gasteiger partial charge >= 0.3 is 0 Å². The minimum absolute atomic E-state index is 0.285. The van der Waals surface area contributed by atoms with Crippen LogP contribution in [-0.2, 0) is 4.74 Å². The Labute approximate surface area is 147 Å². The van der Waals surface area contributed by atoms with Crippen molar-refractivity contribution in [3.8, 4) is 11.5 Å². The number of hydrogen-bond acceptors (Lipinski definition) is 8. The molecule has 0 radical (unpaired) electrons. The fourth-order valence-electron chi connectivity index (χ4n) is 2.84. The zero-order valence-corrected chi connectivity index (χ0v) is 14.4. The van der Waals surface area contributed by atoms with Gasteiger partial charge in [0, 0.05) is 13.1 Å². The number of rotatable bonds is 3. The minimum atomic E-state index is -0.574. The monoisotopic (exact) mass is 359 g/mol.